The van der Waals surface area contributed by atoms with Crippen molar-refractivity contribution in [2.75, 3.05) is 25.0 Å². The molecule has 1 saturated heterocycles. The Morgan fingerprint density at radius 2 is 2.12 bits per heavy atom. The summed E-state index contributed by atoms with van der Waals surface area (Å²) < 4.78 is 0. The minimum absolute atomic E-state index is 0.921. The summed E-state index contributed by atoms with van der Waals surface area (Å²) >= 11 is 1.81. The molecule has 1 aliphatic heterocycles. The fourth-order valence-electron chi connectivity index (χ4n) is 3.45. The third-order valence-corrected chi connectivity index (χ3v) is 5.65. The average molecular weight is 340 g/mol. The molecule has 0 spiro atoms. The molecule has 0 amide bonds. The van der Waals surface area contributed by atoms with Crippen molar-refractivity contribution in [3.63, 3.8) is 0 Å². The van der Waals surface area contributed by atoms with E-state index in [4.69, 9.17) is 0 Å². The third kappa shape index (κ3) is 3.19. The number of nitrogens with zero attached hydrogens (tertiary/aromatic N) is 2. The highest BCUT2D eigenvalue weighted by atomic mass is 32.1. The minimum Gasteiger partial charge on any atom is -0.384 e. The Morgan fingerprint density at radius 3 is 2.96 bits per heavy atom. The van der Waals surface area contributed by atoms with Crippen LogP contribution < -0.4 is 5.32 Å². The Kier molecular flexibility index (Phi) is 4.54. The topological polar surface area (TPSA) is 44.0 Å². The number of hydrogen-bond acceptors (Lipinski definition) is 4. The Balaban J connectivity index is 1.57. The molecule has 0 atom stereocenters. The van der Waals surface area contributed by atoms with E-state index in [1.807, 2.05) is 17.5 Å². The number of para-hydroxylation sites is 1. The lowest BCUT2D eigenvalue weighted by Gasteiger charge is -2.25. The quantitative estimate of drug-likeness (QED) is 0.707. The van der Waals surface area contributed by atoms with Crippen molar-refractivity contribution in [2.45, 2.75) is 32.7 Å². The molecule has 3 aromatic rings. The number of rotatable bonds is 5. The van der Waals surface area contributed by atoms with Crippen LogP contribution in [-0.2, 0) is 6.54 Å². The van der Waals surface area contributed by atoms with Gasteiger partial charge in [-0.25, -0.2) is 4.98 Å². The third-order valence-electron chi connectivity index (χ3n) is 4.64. The summed E-state index contributed by atoms with van der Waals surface area (Å²) in [6.45, 7) is 6.54. The number of hydrogen-bond donors (Lipinski definition) is 2. The van der Waals surface area contributed by atoms with Gasteiger partial charge in [-0.1, -0.05) is 18.6 Å². The largest absolute Gasteiger partial charge is 0.384 e. The van der Waals surface area contributed by atoms with Gasteiger partial charge in [0.15, 0.2) is 0 Å². The summed E-state index contributed by atoms with van der Waals surface area (Å²) in [6, 6.07) is 8.58. The summed E-state index contributed by atoms with van der Waals surface area (Å²) in [7, 11) is 0. The van der Waals surface area contributed by atoms with Gasteiger partial charge in [0, 0.05) is 29.5 Å². The van der Waals surface area contributed by atoms with Crippen molar-refractivity contribution in [2.24, 2.45) is 0 Å². The Labute approximate surface area is 146 Å². The average Bonchev–Trinajstić information content (AvgIpc) is 3.23. The second kappa shape index (κ2) is 6.95. The van der Waals surface area contributed by atoms with Gasteiger partial charge < -0.3 is 10.3 Å². The molecule has 3 heterocycles. The SMILES string of the molecule is CCNc1cccc2cc(-c3ncc(CN4CCCCC4)s3)[nH]c12. The molecule has 0 radical (unpaired) electrons. The van der Waals surface area contributed by atoms with Crippen LogP contribution in [0.3, 0.4) is 0 Å². The molecule has 0 bridgehead atoms. The number of aromatic nitrogens is 2. The predicted molar refractivity (Wildman–Crippen MR) is 103 cm³/mol. The van der Waals surface area contributed by atoms with Crippen LogP contribution in [0.15, 0.2) is 30.5 Å². The van der Waals surface area contributed by atoms with Crippen LogP contribution in [0.2, 0.25) is 0 Å². The molecule has 24 heavy (non-hydrogen) atoms. The molecular weight excluding hydrogens is 316 g/mol. The van der Waals surface area contributed by atoms with E-state index in [9.17, 15) is 0 Å². The first-order chi connectivity index (χ1) is 11.8. The van der Waals surface area contributed by atoms with Crippen molar-refractivity contribution >= 4 is 27.9 Å². The molecule has 2 aromatic heterocycles. The molecule has 0 unspecified atom stereocenters. The Bertz CT molecular complexity index is 814. The molecule has 4 nitrogen and oxygen atoms in total. The molecule has 1 fully saturated rings. The van der Waals surface area contributed by atoms with Crippen molar-refractivity contribution in [3.05, 3.63) is 35.3 Å². The lowest BCUT2D eigenvalue weighted by molar-refractivity contribution is 0.222. The fraction of sp³-hybridized carbons (Fsp3) is 0.421. The first-order valence-corrected chi connectivity index (χ1v) is 9.68. The zero-order valence-electron chi connectivity index (χ0n) is 14.1. The summed E-state index contributed by atoms with van der Waals surface area (Å²) in [5, 5.41) is 5.74. The zero-order valence-corrected chi connectivity index (χ0v) is 15.0. The second-order valence-electron chi connectivity index (χ2n) is 6.45. The van der Waals surface area contributed by atoms with Crippen LogP contribution in [0, 0.1) is 0 Å². The fourth-order valence-corrected chi connectivity index (χ4v) is 4.38. The van der Waals surface area contributed by atoms with E-state index < -0.39 is 0 Å². The van der Waals surface area contributed by atoms with E-state index in [2.05, 4.69) is 51.4 Å². The van der Waals surface area contributed by atoms with E-state index >= 15 is 0 Å². The van der Waals surface area contributed by atoms with Gasteiger partial charge in [0.25, 0.3) is 0 Å². The number of benzene rings is 1. The van der Waals surface area contributed by atoms with E-state index in [0.29, 0.717) is 0 Å². The van der Waals surface area contributed by atoms with E-state index in [0.717, 1.165) is 29.5 Å². The predicted octanol–water partition coefficient (Wildman–Crippen LogP) is 4.71. The Morgan fingerprint density at radius 1 is 1.25 bits per heavy atom. The maximum absolute atomic E-state index is 4.66. The number of fused-ring (bicyclic) bond motifs is 1. The highest BCUT2D eigenvalue weighted by Gasteiger charge is 2.14. The van der Waals surface area contributed by atoms with Gasteiger partial charge in [0.05, 0.1) is 16.9 Å². The van der Waals surface area contributed by atoms with Crippen LogP contribution in [0.5, 0.6) is 0 Å². The van der Waals surface area contributed by atoms with Crippen molar-refractivity contribution in [1.82, 2.24) is 14.9 Å². The number of likely N-dealkylation sites (tertiary alicyclic amines) is 1. The molecular formula is C19H24N4S. The van der Waals surface area contributed by atoms with Gasteiger partial charge in [-0.05, 0) is 45.0 Å². The van der Waals surface area contributed by atoms with Gasteiger partial charge in [-0.2, -0.15) is 0 Å². The van der Waals surface area contributed by atoms with Gasteiger partial charge in [0.1, 0.15) is 5.01 Å². The van der Waals surface area contributed by atoms with Gasteiger partial charge >= 0.3 is 0 Å². The first kappa shape index (κ1) is 15.7. The van der Waals surface area contributed by atoms with Crippen molar-refractivity contribution in [3.8, 4) is 10.7 Å². The zero-order chi connectivity index (χ0) is 16.4. The summed E-state index contributed by atoms with van der Waals surface area (Å²) in [5.41, 5.74) is 3.44. The summed E-state index contributed by atoms with van der Waals surface area (Å²) in [5.74, 6) is 0. The van der Waals surface area contributed by atoms with Crippen LogP contribution in [0.25, 0.3) is 21.6 Å². The number of aromatic amines is 1. The second-order valence-corrected chi connectivity index (χ2v) is 7.57. The van der Waals surface area contributed by atoms with E-state index in [-0.39, 0.29) is 0 Å². The molecule has 126 valence electrons. The molecule has 4 rings (SSSR count). The normalized spacial score (nSPS) is 15.9. The van der Waals surface area contributed by atoms with Crippen LogP contribution >= 0.6 is 11.3 Å². The Hall–Kier alpha value is -1.85. The van der Waals surface area contributed by atoms with E-state index in [1.54, 1.807) is 0 Å². The minimum atomic E-state index is 0.921. The summed E-state index contributed by atoms with van der Waals surface area (Å²) in [4.78, 5) is 12.1. The van der Waals surface area contributed by atoms with Crippen LogP contribution in [0.1, 0.15) is 31.1 Å². The lowest BCUT2D eigenvalue weighted by Crippen LogP contribution is -2.28. The van der Waals surface area contributed by atoms with Crippen LogP contribution in [0.4, 0.5) is 5.69 Å². The van der Waals surface area contributed by atoms with Gasteiger partial charge in [-0.3, -0.25) is 4.90 Å². The molecule has 0 aliphatic carbocycles. The molecule has 1 aromatic carbocycles. The molecule has 1 aliphatic rings. The van der Waals surface area contributed by atoms with E-state index in [1.165, 1.54) is 48.1 Å². The molecule has 0 saturated carbocycles. The summed E-state index contributed by atoms with van der Waals surface area (Å²) in [6.07, 6.45) is 6.10. The number of H-pyrrole nitrogens is 1. The first-order valence-electron chi connectivity index (χ1n) is 8.86. The maximum atomic E-state index is 4.66. The lowest BCUT2D eigenvalue weighted by atomic mass is 10.1. The highest BCUT2D eigenvalue weighted by Crippen LogP contribution is 2.31. The smallest absolute Gasteiger partial charge is 0.139 e. The molecule has 5 heteroatoms. The number of anilines is 1. The molecule has 2 N–H and O–H groups in total. The monoisotopic (exact) mass is 340 g/mol. The highest BCUT2D eigenvalue weighted by molar-refractivity contribution is 7.15. The number of thiazole rings is 1. The van der Waals surface area contributed by atoms with Gasteiger partial charge in [0.2, 0.25) is 0 Å². The van der Waals surface area contributed by atoms with Gasteiger partial charge in [-0.15, -0.1) is 11.3 Å². The van der Waals surface area contributed by atoms with Crippen LogP contribution in [-0.4, -0.2) is 34.5 Å². The number of nitrogens with one attached hydrogen (secondary N) is 2. The number of piperidine rings is 1. The van der Waals surface area contributed by atoms with Crippen molar-refractivity contribution < 1.29 is 0 Å². The standard InChI is InChI=1S/C19H24N4S/c1-2-20-16-8-6-7-14-11-17(22-18(14)16)19-21-12-15(24-19)13-23-9-4-3-5-10-23/h6-8,11-12,20,22H,2-5,9-10,13H2,1H3. The van der Waals surface area contributed by atoms with Crippen molar-refractivity contribution in [1.29, 1.82) is 0 Å². The maximum Gasteiger partial charge on any atom is 0.139 e.